The van der Waals surface area contributed by atoms with Crippen molar-refractivity contribution in [2.75, 3.05) is 7.11 Å². The van der Waals surface area contributed by atoms with E-state index in [1.165, 1.54) is 0 Å². The van der Waals surface area contributed by atoms with E-state index in [4.69, 9.17) is 4.74 Å². The first kappa shape index (κ1) is 14.9. The van der Waals surface area contributed by atoms with E-state index in [-0.39, 0.29) is 5.75 Å². The number of methoxy groups -OCH3 is 1. The molecule has 0 heterocycles. The highest BCUT2D eigenvalue weighted by molar-refractivity contribution is 6.04. The van der Waals surface area contributed by atoms with Crippen LogP contribution in [0.15, 0.2) is 60.7 Å². The molecule has 0 atom stereocenters. The lowest BCUT2D eigenvalue weighted by Crippen LogP contribution is -2.09. The molecule has 0 radical (unpaired) electrons. The molecule has 0 unspecified atom stereocenters. The molecule has 0 spiro atoms. The molecule has 0 bridgehead atoms. The standard InChI is InChI=1S/C19H17NO3/c1-23-18-11-10-15(19-16(18)8-5-9-17(19)21)13-20(22)12-14-6-3-2-4-7-14/h2-11,13H,12H2,1H3,(H-,21,22)/p+1/b20-13-. The van der Waals surface area contributed by atoms with E-state index >= 15 is 0 Å². The lowest BCUT2D eigenvalue weighted by atomic mass is 10.0. The molecule has 3 aromatic rings. The molecule has 3 rings (SSSR count). The van der Waals surface area contributed by atoms with E-state index < -0.39 is 0 Å². The predicted octanol–water partition coefficient (Wildman–Crippen LogP) is 3.57. The fraction of sp³-hybridized carbons (Fsp3) is 0.105. The maximum absolute atomic E-state index is 10.2. The van der Waals surface area contributed by atoms with Crippen LogP contribution in [0.4, 0.5) is 0 Å². The quantitative estimate of drug-likeness (QED) is 0.335. The van der Waals surface area contributed by atoms with Gasteiger partial charge < -0.3 is 9.84 Å². The van der Waals surface area contributed by atoms with E-state index in [1.54, 1.807) is 25.5 Å². The molecule has 0 amide bonds. The summed E-state index contributed by atoms with van der Waals surface area (Å²) in [5, 5.41) is 21.8. The number of aromatic hydroxyl groups is 1. The van der Waals surface area contributed by atoms with Crippen LogP contribution in [0.3, 0.4) is 0 Å². The predicted molar refractivity (Wildman–Crippen MR) is 89.5 cm³/mol. The third-order valence-electron chi connectivity index (χ3n) is 3.71. The minimum Gasteiger partial charge on any atom is -0.507 e. The van der Waals surface area contributed by atoms with Crippen molar-refractivity contribution in [3.05, 3.63) is 71.8 Å². The number of hydrogen-bond acceptors (Lipinski definition) is 3. The van der Waals surface area contributed by atoms with Gasteiger partial charge in [0.2, 0.25) is 12.8 Å². The SMILES string of the molecule is COc1ccc(/C=[N+](\O)Cc2ccccc2)c2c(O)cccc12. The molecule has 0 saturated carbocycles. The first-order valence-corrected chi connectivity index (χ1v) is 7.32. The van der Waals surface area contributed by atoms with Gasteiger partial charge in [-0.25, -0.2) is 0 Å². The molecule has 4 nitrogen and oxygen atoms in total. The Morgan fingerprint density at radius 1 is 1.00 bits per heavy atom. The summed E-state index contributed by atoms with van der Waals surface area (Å²) < 4.78 is 6.45. The zero-order chi connectivity index (χ0) is 16.2. The second-order valence-electron chi connectivity index (χ2n) is 5.27. The molecule has 0 aromatic heterocycles. The molecular weight excluding hydrogens is 290 g/mol. The number of rotatable bonds is 4. The van der Waals surface area contributed by atoms with Crippen LogP contribution in [-0.4, -0.2) is 28.4 Å². The molecule has 0 saturated heterocycles. The highest BCUT2D eigenvalue weighted by Crippen LogP contribution is 2.33. The van der Waals surface area contributed by atoms with Gasteiger partial charge in [0.05, 0.1) is 12.7 Å². The number of phenolic OH excluding ortho intramolecular Hbond substituents is 1. The van der Waals surface area contributed by atoms with Crippen LogP contribution >= 0.6 is 0 Å². The molecule has 2 N–H and O–H groups in total. The molecule has 4 heteroatoms. The number of benzene rings is 3. The normalized spacial score (nSPS) is 11.6. The van der Waals surface area contributed by atoms with Gasteiger partial charge in [0, 0.05) is 16.3 Å². The van der Waals surface area contributed by atoms with Crippen LogP contribution in [-0.2, 0) is 6.54 Å². The van der Waals surface area contributed by atoms with Crippen LogP contribution < -0.4 is 4.74 Å². The Kier molecular flexibility index (Phi) is 4.15. The van der Waals surface area contributed by atoms with Gasteiger partial charge in [0.15, 0.2) is 0 Å². The second kappa shape index (κ2) is 6.40. The topological polar surface area (TPSA) is 52.7 Å². The van der Waals surface area contributed by atoms with Crippen molar-refractivity contribution in [2.24, 2.45) is 0 Å². The maximum atomic E-state index is 10.2. The lowest BCUT2D eigenvalue weighted by molar-refractivity contribution is -0.783. The minimum atomic E-state index is 0.153. The molecule has 0 aliphatic rings. The van der Waals surface area contributed by atoms with Gasteiger partial charge in [-0.3, -0.25) is 5.21 Å². The highest BCUT2D eigenvalue weighted by atomic mass is 16.5. The van der Waals surface area contributed by atoms with Crippen molar-refractivity contribution in [2.45, 2.75) is 6.54 Å². The van der Waals surface area contributed by atoms with Gasteiger partial charge in [-0.15, -0.1) is 0 Å². The summed E-state index contributed by atoms with van der Waals surface area (Å²) in [5.74, 6) is 0.835. The van der Waals surface area contributed by atoms with Crippen molar-refractivity contribution >= 4 is 17.0 Å². The minimum absolute atomic E-state index is 0.153. The van der Waals surface area contributed by atoms with Crippen molar-refractivity contribution in [3.8, 4) is 11.5 Å². The van der Waals surface area contributed by atoms with E-state index in [9.17, 15) is 10.3 Å². The summed E-state index contributed by atoms with van der Waals surface area (Å²) in [5.41, 5.74) is 1.71. The van der Waals surface area contributed by atoms with Gasteiger partial charge in [0.25, 0.3) is 0 Å². The zero-order valence-electron chi connectivity index (χ0n) is 12.8. The van der Waals surface area contributed by atoms with E-state index in [2.05, 4.69) is 0 Å². The van der Waals surface area contributed by atoms with Crippen molar-refractivity contribution in [1.29, 1.82) is 0 Å². The molecular formula is C19H18NO3+. The van der Waals surface area contributed by atoms with Crippen molar-refractivity contribution < 1.29 is 19.8 Å². The van der Waals surface area contributed by atoms with Crippen LogP contribution in [0.1, 0.15) is 11.1 Å². The van der Waals surface area contributed by atoms with Crippen LogP contribution in [0.5, 0.6) is 11.5 Å². The number of hydrogen-bond donors (Lipinski definition) is 2. The summed E-state index contributed by atoms with van der Waals surface area (Å²) in [4.78, 5) is 0. The number of hydroxylamine groups is 1. The summed E-state index contributed by atoms with van der Waals surface area (Å²) >= 11 is 0. The van der Waals surface area contributed by atoms with Crippen LogP contribution in [0, 0.1) is 0 Å². The van der Waals surface area contributed by atoms with Gasteiger partial charge in [-0.1, -0.05) is 42.5 Å². The summed E-state index contributed by atoms with van der Waals surface area (Å²) in [6.45, 7) is 0.363. The summed E-state index contributed by atoms with van der Waals surface area (Å²) in [7, 11) is 1.59. The Balaban J connectivity index is 2.04. The number of fused-ring (bicyclic) bond motifs is 1. The van der Waals surface area contributed by atoms with Gasteiger partial charge in [-0.05, 0) is 22.9 Å². The molecule has 3 aromatic carbocycles. The van der Waals surface area contributed by atoms with Crippen molar-refractivity contribution in [3.63, 3.8) is 0 Å². The average molecular weight is 308 g/mol. The number of phenols is 1. The average Bonchev–Trinajstić information content (AvgIpc) is 2.56. The fourth-order valence-corrected chi connectivity index (χ4v) is 2.65. The van der Waals surface area contributed by atoms with Crippen LogP contribution in [0.25, 0.3) is 10.8 Å². The molecule has 23 heavy (non-hydrogen) atoms. The molecule has 116 valence electrons. The molecule has 0 aliphatic heterocycles. The summed E-state index contributed by atoms with van der Waals surface area (Å²) in [6, 6.07) is 18.6. The zero-order valence-corrected chi connectivity index (χ0v) is 12.8. The van der Waals surface area contributed by atoms with Gasteiger partial charge in [0.1, 0.15) is 11.5 Å². The Morgan fingerprint density at radius 3 is 2.52 bits per heavy atom. The first-order chi connectivity index (χ1) is 11.2. The third-order valence-corrected chi connectivity index (χ3v) is 3.71. The fourth-order valence-electron chi connectivity index (χ4n) is 2.65. The van der Waals surface area contributed by atoms with Gasteiger partial charge >= 0.3 is 0 Å². The Bertz CT molecular complexity index is 857. The van der Waals surface area contributed by atoms with Crippen LogP contribution in [0.2, 0.25) is 0 Å². The maximum Gasteiger partial charge on any atom is 0.223 e. The molecule has 0 aliphatic carbocycles. The summed E-state index contributed by atoms with van der Waals surface area (Å²) in [6.07, 6.45) is 1.61. The van der Waals surface area contributed by atoms with E-state index in [0.29, 0.717) is 17.7 Å². The largest absolute Gasteiger partial charge is 0.507 e. The number of ether oxygens (including phenoxy) is 1. The third kappa shape index (κ3) is 3.11. The van der Waals surface area contributed by atoms with Gasteiger partial charge in [-0.2, -0.15) is 0 Å². The number of nitrogens with zero attached hydrogens (tertiary/aromatic N) is 1. The monoisotopic (exact) mass is 308 g/mol. The first-order valence-electron chi connectivity index (χ1n) is 7.32. The lowest BCUT2D eigenvalue weighted by Gasteiger charge is -2.08. The Morgan fingerprint density at radius 2 is 1.78 bits per heavy atom. The molecule has 0 fully saturated rings. The Labute approximate surface area is 134 Å². The Hall–Kier alpha value is -3.01. The van der Waals surface area contributed by atoms with E-state index in [0.717, 1.165) is 21.3 Å². The van der Waals surface area contributed by atoms with Crippen molar-refractivity contribution in [1.82, 2.24) is 0 Å². The smallest absolute Gasteiger partial charge is 0.223 e. The highest BCUT2D eigenvalue weighted by Gasteiger charge is 2.13. The van der Waals surface area contributed by atoms with E-state index in [1.807, 2.05) is 48.5 Å². The second-order valence-corrected chi connectivity index (χ2v) is 5.27.